The molecule has 0 aliphatic rings. The molecule has 0 amide bonds. The van der Waals surface area contributed by atoms with Crippen LogP contribution in [-0.2, 0) is 0 Å². The average Bonchev–Trinajstić information content (AvgIpc) is 3.40. The summed E-state index contributed by atoms with van der Waals surface area (Å²) < 4.78 is 0. The summed E-state index contributed by atoms with van der Waals surface area (Å²) in [6, 6.07) is 17.7. The molecule has 150 valence electrons. The summed E-state index contributed by atoms with van der Waals surface area (Å²) in [7, 11) is 0. The van der Waals surface area contributed by atoms with Crippen LogP contribution >= 0.6 is 93.3 Å². The number of halogens is 2. The van der Waals surface area contributed by atoms with Gasteiger partial charge in [0.05, 0.1) is 0 Å². The summed E-state index contributed by atoms with van der Waals surface area (Å²) in [5.74, 6) is 0. The number of hydrogen-bond acceptors (Lipinski definition) is 6. The number of rotatable bonds is 5. The van der Waals surface area contributed by atoms with Crippen molar-refractivity contribution in [2.75, 3.05) is 0 Å². The molecule has 0 saturated heterocycles. The molecule has 0 aliphatic heterocycles. The van der Waals surface area contributed by atoms with Crippen LogP contribution < -0.4 is 11.5 Å². The highest BCUT2D eigenvalue weighted by atomic mass is 127. The van der Waals surface area contributed by atoms with Gasteiger partial charge in [-0.1, -0.05) is 0 Å². The van der Waals surface area contributed by atoms with Gasteiger partial charge in [-0.3, -0.25) is 0 Å². The molecule has 0 aliphatic carbocycles. The summed E-state index contributed by atoms with van der Waals surface area (Å²) >= 11 is 7.27. The van der Waals surface area contributed by atoms with Crippen molar-refractivity contribution in [3.8, 4) is 29.3 Å². The van der Waals surface area contributed by atoms with Gasteiger partial charge in [-0.25, -0.2) is 0 Å². The van der Waals surface area contributed by atoms with Crippen molar-refractivity contribution < 1.29 is 0 Å². The van der Waals surface area contributed by atoms with Gasteiger partial charge >= 0.3 is 0 Å². The number of hydrogen-bond donors (Lipinski definition) is 2. The molecular weight excluding hydrogens is 650 g/mol. The third-order valence-corrected chi connectivity index (χ3v) is 9.42. The average molecular weight is 672 g/mol. The largest absolute Gasteiger partial charge is 0.324 e. The Morgan fingerprint density at radius 3 is 1.00 bits per heavy atom. The van der Waals surface area contributed by atoms with Gasteiger partial charge in [0.25, 0.3) is 0 Å². The standard InChI is InChI=1S/C20H20N2S4.2HI/c1-11(21)13-3-5-15(23-13)17-7-9-19(25-17)20-10-8-18(26-20)16-6-4-14(24-16)12(2)22;;/h3-12H,21-22H2,1-2H3;2*1H. The maximum absolute atomic E-state index is 5.99. The molecule has 0 saturated carbocycles. The van der Waals surface area contributed by atoms with Crippen molar-refractivity contribution >= 4 is 93.3 Å². The fraction of sp³-hybridized carbons (Fsp3) is 0.200. The van der Waals surface area contributed by atoms with E-state index in [0.29, 0.717) is 0 Å². The molecule has 28 heavy (non-hydrogen) atoms. The molecule has 0 aromatic carbocycles. The van der Waals surface area contributed by atoms with Crippen molar-refractivity contribution in [3.05, 3.63) is 58.3 Å². The maximum atomic E-state index is 5.99. The van der Waals surface area contributed by atoms with Crippen molar-refractivity contribution in [2.45, 2.75) is 25.9 Å². The van der Waals surface area contributed by atoms with Gasteiger partial charge in [-0.05, 0) is 62.4 Å². The molecule has 0 bridgehead atoms. The van der Waals surface area contributed by atoms with Gasteiger partial charge in [-0.2, -0.15) is 0 Å². The van der Waals surface area contributed by atoms with Gasteiger partial charge in [0.15, 0.2) is 0 Å². The Morgan fingerprint density at radius 1 is 0.500 bits per heavy atom. The van der Waals surface area contributed by atoms with Crippen LogP contribution in [0.3, 0.4) is 0 Å². The van der Waals surface area contributed by atoms with Crippen LogP contribution in [0.15, 0.2) is 48.5 Å². The highest BCUT2D eigenvalue weighted by Crippen LogP contribution is 2.43. The Kier molecular flexibility index (Phi) is 9.14. The van der Waals surface area contributed by atoms with Crippen LogP contribution in [-0.4, -0.2) is 0 Å². The third kappa shape index (κ3) is 5.26. The first-order valence-electron chi connectivity index (χ1n) is 8.42. The minimum absolute atomic E-state index is 0. The summed E-state index contributed by atoms with van der Waals surface area (Å²) in [6.07, 6.45) is 0. The second kappa shape index (κ2) is 10.5. The van der Waals surface area contributed by atoms with Gasteiger partial charge in [0, 0.05) is 51.1 Å². The first kappa shape index (κ1) is 24.4. The molecule has 0 fully saturated rings. The van der Waals surface area contributed by atoms with E-state index in [0.717, 1.165) is 0 Å². The molecule has 2 unspecified atom stereocenters. The van der Waals surface area contributed by atoms with Gasteiger partial charge < -0.3 is 11.5 Å². The van der Waals surface area contributed by atoms with Crippen molar-refractivity contribution in [2.24, 2.45) is 11.5 Å². The normalized spacial score (nSPS) is 12.9. The molecular formula is C20H22I2N2S4. The van der Waals surface area contributed by atoms with Gasteiger partial charge in [0.1, 0.15) is 0 Å². The van der Waals surface area contributed by atoms with E-state index in [9.17, 15) is 0 Å². The zero-order valence-electron chi connectivity index (χ0n) is 15.4. The fourth-order valence-electron chi connectivity index (χ4n) is 2.67. The second-order valence-electron chi connectivity index (χ2n) is 6.31. The molecule has 4 N–H and O–H groups in total. The molecule has 8 heteroatoms. The SMILES string of the molecule is CC(N)c1ccc(-c2ccc(-c3ccc(-c4ccc(C(C)N)s4)s3)s2)s1.I.I. The van der Waals surface area contributed by atoms with Gasteiger partial charge in [-0.15, -0.1) is 93.3 Å². The third-order valence-electron chi connectivity index (χ3n) is 4.09. The fourth-order valence-corrected chi connectivity index (χ4v) is 6.87. The van der Waals surface area contributed by atoms with E-state index in [4.69, 9.17) is 11.5 Å². The van der Waals surface area contributed by atoms with E-state index in [2.05, 4.69) is 48.5 Å². The minimum Gasteiger partial charge on any atom is -0.324 e. The molecule has 0 spiro atoms. The minimum atomic E-state index is 0. The zero-order valence-corrected chi connectivity index (χ0v) is 23.3. The predicted octanol–water partition coefficient (Wildman–Crippen LogP) is 8.21. The van der Waals surface area contributed by atoms with E-state index < -0.39 is 0 Å². The molecule has 4 heterocycles. The number of thiophene rings is 4. The highest BCUT2D eigenvalue weighted by molar-refractivity contribution is 14.0. The van der Waals surface area contributed by atoms with Gasteiger partial charge in [0.2, 0.25) is 0 Å². The zero-order chi connectivity index (χ0) is 18.3. The lowest BCUT2D eigenvalue weighted by Gasteiger charge is -1.98. The van der Waals surface area contributed by atoms with E-state index in [1.807, 2.05) is 36.5 Å². The predicted molar refractivity (Wildman–Crippen MR) is 150 cm³/mol. The lowest BCUT2D eigenvalue weighted by Crippen LogP contribution is -2.01. The van der Waals surface area contributed by atoms with E-state index >= 15 is 0 Å². The number of nitrogens with two attached hydrogens (primary N) is 2. The lowest BCUT2D eigenvalue weighted by atomic mass is 10.3. The van der Waals surface area contributed by atoms with Crippen LogP contribution in [0.2, 0.25) is 0 Å². The Hall–Kier alpha value is 0.180. The Balaban J connectivity index is 0.00000140. The van der Waals surface area contributed by atoms with Crippen molar-refractivity contribution in [3.63, 3.8) is 0 Å². The smallest absolute Gasteiger partial charge is 0.0449 e. The monoisotopic (exact) mass is 672 g/mol. The molecule has 0 radical (unpaired) electrons. The van der Waals surface area contributed by atoms with E-state index in [1.165, 1.54) is 39.0 Å². The summed E-state index contributed by atoms with van der Waals surface area (Å²) in [4.78, 5) is 10.3. The molecule has 4 aromatic heterocycles. The van der Waals surface area contributed by atoms with Crippen molar-refractivity contribution in [1.29, 1.82) is 0 Å². The molecule has 2 atom stereocenters. The Morgan fingerprint density at radius 2 is 0.750 bits per heavy atom. The first-order chi connectivity index (χ1) is 12.5. The van der Waals surface area contributed by atoms with Crippen LogP contribution in [0.5, 0.6) is 0 Å². The molecule has 4 aromatic rings. The van der Waals surface area contributed by atoms with E-state index in [1.54, 1.807) is 22.7 Å². The first-order valence-corrected chi connectivity index (χ1v) is 11.7. The maximum Gasteiger partial charge on any atom is 0.0449 e. The Labute approximate surface area is 216 Å². The summed E-state index contributed by atoms with van der Waals surface area (Å²) in [5.41, 5.74) is 12.0. The Bertz CT molecular complexity index is 944. The van der Waals surface area contributed by atoms with Crippen LogP contribution in [0.4, 0.5) is 0 Å². The van der Waals surface area contributed by atoms with Crippen LogP contribution in [0.25, 0.3) is 29.3 Å². The van der Waals surface area contributed by atoms with Crippen LogP contribution in [0.1, 0.15) is 35.7 Å². The summed E-state index contributed by atoms with van der Waals surface area (Å²) in [6.45, 7) is 4.06. The quantitative estimate of drug-likeness (QED) is 0.210. The lowest BCUT2D eigenvalue weighted by molar-refractivity contribution is 0.838. The molecule has 4 rings (SSSR count). The molecule has 2 nitrogen and oxygen atoms in total. The second-order valence-corrected chi connectivity index (χ2v) is 10.7. The van der Waals surface area contributed by atoms with E-state index in [-0.39, 0.29) is 60.0 Å². The topological polar surface area (TPSA) is 52.0 Å². The van der Waals surface area contributed by atoms with Crippen molar-refractivity contribution in [1.82, 2.24) is 0 Å². The summed E-state index contributed by atoms with van der Waals surface area (Å²) in [5, 5.41) is 0. The highest BCUT2D eigenvalue weighted by Gasteiger charge is 2.13. The van der Waals surface area contributed by atoms with Crippen LogP contribution in [0, 0.1) is 0 Å².